The van der Waals surface area contributed by atoms with Crippen LogP contribution in [0, 0.1) is 0 Å². The van der Waals surface area contributed by atoms with E-state index in [0.29, 0.717) is 34.2 Å². The third kappa shape index (κ3) is 3.89. The van der Waals surface area contributed by atoms with Crippen LogP contribution in [0.3, 0.4) is 0 Å². The van der Waals surface area contributed by atoms with Gasteiger partial charge in [0.25, 0.3) is 5.56 Å². The molecule has 0 unspecified atom stereocenters. The average Bonchev–Trinajstić information content (AvgIpc) is 3.30. The number of fused-ring (bicyclic) bond motifs is 3. The molecule has 0 aliphatic carbocycles. The quantitative estimate of drug-likeness (QED) is 0.317. The predicted molar refractivity (Wildman–Crippen MR) is 132 cm³/mol. The summed E-state index contributed by atoms with van der Waals surface area (Å²) < 4.78 is 15.0. The Morgan fingerprint density at radius 3 is 2.66 bits per heavy atom. The number of nitrogens with zero attached hydrogens (tertiary/aromatic N) is 2. The van der Waals surface area contributed by atoms with E-state index >= 15 is 0 Å². The zero-order valence-electron chi connectivity index (χ0n) is 17.2. The van der Waals surface area contributed by atoms with Crippen LogP contribution >= 0.6 is 27.3 Å². The minimum atomic E-state index is -0.0720. The summed E-state index contributed by atoms with van der Waals surface area (Å²) in [5.74, 6) is 1.27. The van der Waals surface area contributed by atoms with Crippen LogP contribution in [0.5, 0.6) is 11.5 Å². The number of imidazole rings is 1. The Morgan fingerprint density at radius 2 is 1.84 bits per heavy atom. The van der Waals surface area contributed by atoms with Crippen molar-refractivity contribution in [2.45, 2.75) is 13.5 Å². The summed E-state index contributed by atoms with van der Waals surface area (Å²) in [6.07, 6.45) is 1.87. The number of ether oxygens (including phenoxy) is 2. The number of para-hydroxylation sites is 2. The summed E-state index contributed by atoms with van der Waals surface area (Å²) in [6, 6.07) is 21.5. The molecular formula is C25H19BrN2O3S. The zero-order valence-corrected chi connectivity index (χ0v) is 19.7. The number of thiazole rings is 1. The highest BCUT2D eigenvalue weighted by molar-refractivity contribution is 9.10. The Morgan fingerprint density at radius 1 is 1.06 bits per heavy atom. The van der Waals surface area contributed by atoms with E-state index in [1.165, 1.54) is 11.3 Å². The lowest BCUT2D eigenvalue weighted by atomic mass is 10.2. The molecule has 5 aromatic rings. The third-order valence-corrected chi connectivity index (χ3v) is 6.56. The summed E-state index contributed by atoms with van der Waals surface area (Å²) in [4.78, 5) is 18.3. The van der Waals surface area contributed by atoms with Crippen LogP contribution in [-0.2, 0) is 6.61 Å². The first-order valence-corrected chi connectivity index (χ1v) is 11.8. The highest BCUT2D eigenvalue weighted by Crippen LogP contribution is 2.37. The SMILES string of the molecule is CCOc1cc(/C=c2/sc3nc4ccccc4n3c2=O)cc(Br)c1OCc1ccccc1. The number of aromatic nitrogens is 2. The van der Waals surface area contributed by atoms with Crippen molar-refractivity contribution < 1.29 is 9.47 Å². The summed E-state index contributed by atoms with van der Waals surface area (Å²) in [6.45, 7) is 2.87. The van der Waals surface area contributed by atoms with Crippen molar-refractivity contribution >= 4 is 49.3 Å². The molecule has 0 bridgehead atoms. The van der Waals surface area contributed by atoms with Gasteiger partial charge in [-0.2, -0.15) is 0 Å². The Labute approximate surface area is 196 Å². The maximum atomic E-state index is 13.1. The van der Waals surface area contributed by atoms with Gasteiger partial charge in [0, 0.05) is 0 Å². The fourth-order valence-corrected chi connectivity index (χ4v) is 5.13. The van der Waals surface area contributed by atoms with Crippen LogP contribution in [0.2, 0.25) is 0 Å². The molecule has 7 heteroatoms. The standard InChI is InChI=1S/C25H19BrN2O3S/c1-2-30-21-13-17(12-18(26)23(21)31-15-16-8-4-3-5-9-16)14-22-24(29)28-20-11-7-6-10-19(20)27-25(28)32-22/h3-14H,2,15H2,1H3/b22-14+. The van der Waals surface area contributed by atoms with Crippen LogP contribution in [0.4, 0.5) is 0 Å². The van der Waals surface area contributed by atoms with Crippen molar-refractivity contribution in [3.63, 3.8) is 0 Å². The van der Waals surface area contributed by atoms with Gasteiger partial charge in [-0.05, 0) is 64.3 Å². The highest BCUT2D eigenvalue weighted by Gasteiger charge is 2.14. The van der Waals surface area contributed by atoms with Gasteiger partial charge in [-0.15, -0.1) is 0 Å². The molecule has 5 nitrogen and oxygen atoms in total. The van der Waals surface area contributed by atoms with Crippen LogP contribution in [-0.4, -0.2) is 16.0 Å². The fraction of sp³-hybridized carbons (Fsp3) is 0.120. The maximum absolute atomic E-state index is 13.1. The van der Waals surface area contributed by atoms with Crippen LogP contribution in [0.25, 0.3) is 22.1 Å². The molecule has 32 heavy (non-hydrogen) atoms. The van der Waals surface area contributed by atoms with Crippen molar-refractivity contribution in [3.05, 3.63) is 97.2 Å². The van der Waals surface area contributed by atoms with Gasteiger partial charge in [-0.3, -0.25) is 4.79 Å². The second-order valence-corrected chi connectivity index (χ2v) is 9.04. The largest absolute Gasteiger partial charge is 0.490 e. The lowest BCUT2D eigenvalue weighted by molar-refractivity contribution is 0.267. The molecule has 0 radical (unpaired) electrons. The molecule has 0 amide bonds. The first-order chi connectivity index (χ1) is 15.6. The molecule has 0 atom stereocenters. The fourth-order valence-electron chi connectivity index (χ4n) is 3.57. The molecule has 0 saturated heterocycles. The smallest absolute Gasteiger partial charge is 0.274 e. The van der Waals surface area contributed by atoms with E-state index in [9.17, 15) is 4.79 Å². The Bertz CT molecular complexity index is 1530. The molecule has 2 heterocycles. The molecule has 0 fully saturated rings. The summed E-state index contributed by atoms with van der Waals surface area (Å²) >= 11 is 4.99. The van der Waals surface area contributed by atoms with Gasteiger partial charge < -0.3 is 9.47 Å². The second-order valence-electron chi connectivity index (χ2n) is 7.17. The molecule has 3 aromatic carbocycles. The number of hydrogen-bond acceptors (Lipinski definition) is 5. The topological polar surface area (TPSA) is 52.8 Å². The molecule has 0 aliphatic heterocycles. The molecular weight excluding hydrogens is 488 g/mol. The minimum Gasteiger partial charge on any atom is -0.490 e. The third-order valence-electron chi connectivity index (χ3n) is 5.00. The molecule has 0 saturated carbocycles. The van der Waals surface area contributed by atoms with E-state index in [4.69, 9.17) is 9.47 Å². The van der Waals surface area contributed by atoms with Crippen molar-refractivity contribution in [2.75, 3.05) is 6.61 Å². The van der Waals surface area contributed by atoms with E-state index in [1.807, 2.05) is 79.7 Å². The molecule has 160 valence electrons. The second kappa shape index (κ2) is 8.76. The molecule has 0 spiro atoms. The van der Waals surface area contributed by atoms with Crippen molar-refractivity contribution in [1.82, 2.24) is 9.38 Å². The van der Waals surface area contributed by atoms with E-state index in [1.54, 1.807) is 4.40 Å². The monoisotopic (exact) mass is 506 g/mol. The van der Waals surface area contributed by atoms with Gasteiger partial charge in [-0.25, -0.2) is 9.38 Å². The average molecular weight is 507 g/mol. The number of benzene rings is 3. The van der Waals surface area contributed by atoms with E-state index in [-0.39, 0.29) is 5.56 Å². The lowest BCUT2D eigenvalue weighted by Gasteiger charge is -2.14. The van der Waals surface area contributed by atoms with Gasteiger partial charge >= 0.3 is 0 Å². The maximum Gasteiger partial charge on any atom is 0.274 e. The number of rotatable bonds is 6. The van der Waals surface area contributed by atoms with Crippen molar-refractivity contribution in [1.29, 1.82) is 0 Å². The summed E-state index contributed by atoms with van der Waals surface area (Å²) in [5, 5.41) is 0. The Hall–Kier alpha value is -3.16. The van der Waals surface area contributed by atoms with Gasteiger partial charge in [0.05, 0.1) is 26.6 Å². The van der Waals surface area contributed by atoms with Gasteiger partial charge in [0.1, 0.15) is 6.61 Å². The van der Waals surface area contributed by atoms with E-state index in [0.717, 1.165) is 26.6 Å². The van der Waals surface area contributed by atoms with Crippen LogP contribution in [0.1, 0.15) is 18.1 Å². The normalized spacial score (nSPS) is 12.0. The number of hydrogen-bond donors (Lipinski definition) is 0. The minimum absolute atomic E-state index is 0.0720. The molecule has 0 aliphatic rings. The van der Waals surface area contributed by atoms with E-state index < -0.39 is 0 Å². The Balaban J connectivity index is 1.54. The molecule has 2 aromatic heterocycles. The highest BCUT2D eigenvalue weighted by atomic mass is 79.9. The summed E-state index contributed by atoms with van der Waals surface area (Å²) in [5.41, 5.74) is 3.49. The van der Waals surface area contributed by atoms with E-state index in [2.05, 4.69) is 20.9 Å². The van der Waals surface area contributed by atoms with Gasteiger partial charge in [0.15, 0.2) is 16.5 Å². The number of halogens is 1. The Kier molecular flexibility index (Phi) is 5.68. The van der Waals surface area contributed by atoms with Crippen LogP contribution in [0.15, 0.2) is 76.0 Å². The van der Waals surface area contributed by atoms with Gasteiger partial charge in [0.2, 0.25) is 0 Å². The first-order valence-electron chi connectivity index (χ1n) is 10.2. The summed E-state index contributed by atoms with van der Waals surface area (Å²) in [7, 11) is 0. The van der Waals surface area contributed by atoms with Gasteiger partial charge in [-0.1, -0.05) is 53.8 Å². The first kappa shape index (κ1) is 20.7. The van der Waals surface area contributed by atoms with Crippen LogP contribution < -0.4 is 19.6 Å². The zero-order chi connectivity index (χ0) is 22.1. The van der Waals surface area contributed by atoms with Crippen molar-refractivity contribution in [3.8, 4) is 11.5 Å². The van der Waals surface area contributed by atoms with Crippen molar-refractivity contribution in [2.24, 2.45) is 0 Å². The predicted octanol–water partition coefficient (Wildman–Crippen LogP) is 5.20. The molecule has 5 rings (SSSR count). The lowest BCUT2D eigenvalue weighted by Crippen LogP contribution is -2.22. The molecule has 0 N–H and O–H groups in total.